The number of hydrogen-bond donors (Lipinski definition) is 1. The van der Waals surface area contributed by atoms with E-state index in [0.29, 0.717) is 28.6 Å². The van der Waals surface area contributed by atoms with Gasteiger partial charge in [-0.15, -0.1) is 0 Å². The first-order valence-corrected chi connectivity index (χ1v) is 9.62. The fraction of sp³-hybridized carbons (Fsp3) is 0.261. The molecule has 0 unspecified atom stereocenters. The average Bonchev–Trinajstić information content (AvgIpc) is 2.76. The van der Waals surface area contributed by atoms with Crippen LogP contribution in [0.25, 0.3) is 11.3 Å². The van der Waals surface area contributed by atoms with Gasteiger partial charge in [-0.25, -0.2) is 4.68 Å². The van der Waals surface area contributed by atoms with Crippen molar-refractivity contribution in [3.8, 4) is 28.5 Å². The Morgan fingerprint density at radius 2 is 1.61 bits per heavy atom. The number of ether oxygens (including phenoxy) is 3. The third kappa shape index (κ3) is 4.85. The number of benzene rings is 2. The highest BCUT2D eigenvalue weighted by atomic mass is 16.5. The molecule has 1 heterocycles. The van der Waals surface area contributed by atoms with Crippen LogP contribution in [0.15, 0.2) is 47.3 Å². The fourth-order valence-electron chi connectivity index (χ4n) is 3.11. The van der Waals surface area contributed by atoms with Gasteiger partial charge in [0.25, 0.3) is 5.56 Å². The molecule has 0 fully saturated rings. The number of rotatable bonds is 7. The molecule has 0 radical (unpaired) electrons. The zero-order chi connectivity index (χ0) is 22.5. The van der Waals surface area contributed by atoms with Gasteiger partial charge in [0.2, 0.25) is 11.7 Å². The molecule has 0 aliphatic carbocycles. The van der Waals surface area contributed by atoms with E-state index >= 15 is 0 Å². The summed E-state index contributed by atoms with van der Waals surface area (Å²) in [6.07, 6.45) is 0. The predicted molar refractivity (Wildman–Crippen MR) is 118 cm³/mol. The number of methoxy groups -OCH3 is 3. The second-order valence-electron chi connectivity index (χ2n) is 6.98. The normalized spacial score (nSPS) is 10.5. The van der Waals surface area contributed by atoms with Gasteiger partial charge < -0.3 is 19.5 Å². The number of aromatic nitrogens is 2. The van der Waals surface area contributed by atoms with Crippen LogP contribution in [-0.2, 0) is 11.3 Å². The van der Waals surface area contributed by atoms with E-state index in [1.807, 2.05) is 32.0 Å². The van der Waals surface area contributed by atoms with Crippen molar-refractivity contribution in [1.82, 2.24) is 9.78 Å². The minimum Gasteiger partial charge on any atom is -0.493 e. The van der Waals surface area contributed by atoms with Crippen LogP contribution in [0.2, 0.25) is 0 Å². The molecule has 0 atom stereocenters. The van der Waals surface area contributed by atoms with Crippen molar-refractivity contribution >= 4 is 11.6 Å². The molecule has 0 spiro atoms. The molecule has 3 aromatic rings. The molecule has 1 amide bonds. The molecule has 1 N–H and O–H groups in total. The zero-order valence-electron chi connectivity index (χ0n) is 18.2. The van der Waals surface area contributed by atoms with Crippen LogP contribution in [0.3, 0.4) is 0 Å². The number of carbonyl (C=O) groups is 1. The Labute approximate surface area is 180 Å². The molecule has 0 aliphatic rings. The van der Waals surface area contributed by atoms with Gasteiger partial charge in [-0.3, -0.25) is 9.59 Å². The molecular weight excluding hydrogens is 398 g/mol. The SMILES string of the molecule is COc1cc(NC(=O)Cn2nc(-c3ccc(C)c(C)c3)ccc2=O)cc(OC)c1OC. The second kappa shape index (κ2) is 9.34. The molecule has 8 heteroatoms. The minimum atomic E-state index is -0.416. The first-order chi connectivity index (χ1) is 14.9. The second-order valence-corrected chi connectivity index (χ2v) is 6.98. The lowest BCUT2D eigenvalue weighted by atomic mass is 10.0. The Morgan fingerprint density at radius 3 is 2.19 bits per heavy atom. The van der Waals surface area contributed by atoms with Crippen LogP contribution in [-0.4, -0.2) is 37.0 Å². The molecule has 0 bridgehead atoms. The minimum absolute atomic E-state index is 0.242. The van der Waals surface area contributed by atoms with E-state index in [0.717, 1.165) is 15.8 Å². The van der Waals surface area contributed by atoms with Crippen LogP contribution in [0, 0.1) is 13.8 Å². The number of hydrogen-bond acceptors (Lipinski definition) is 6. The first kappa shape index (κ1) is 21.9. The molecule has 0 aliphatic heterocycles. The van der Waals surface area contributed by atoms with Gasteiger partial charge in [0.15, 0.2) is 11.5 Å². The zero-order valence-corrected chi connectivity index (χ0v) is 18.2. The van der Waals surface area contributed by atoms with E-state index < -0.39 is 5.91 Å². The highest BCUT2D eigenvalue weighted by molar-refractivity contribution is 5.91. The van der Waals surface area contributed by atoms with Crippen LogP contribution in [0.1, 0.15) is 11.1 Å². The van der Waals surface area contributed by atoms with Crippen molar-refractivity contribution in [3.63, 3.8) is 0 Å². The Kier molecular flexibility index (Phi) is 6.59. The number of aryl methyl sites for hydroxylation is 2. The van der Waals surface area contributed by atoms with Crippen molar-refractivity contribution in [3.05, 3.63) is 63.9 Å². The summed E-state index contributed by atoms with van der Waals surface area (Å²) in [6.45, 7) is 3.80. The molecular formula is C23H25N3O5. The van der Waals surface area contributed by atoms with Gasteiger partial charge in [-0.05, 0) is 37.1 Å². The topological polar surface area (TPSA) is 91.7 Å². The van der Waals surface area contributed by atoms with Crippen molar-refractivity contribution in [2.45, 2.75) is 20.4 Å². The smallest absolute Gasteiger partial charge is 0.267 e. The monoisotopic (exact) mass is 423 g/mol. The maximum absolute atomic E-state index is 12.6. The highest BCUT2D eigenvalue weighted by Gasteiger charge is 2.15. The van der Waals surface area contributed by atoms with Crippen molar-refractivity contribution < 1.29 is 19.0 Å². The van der Waals surface area contributed by atoms with E-state index in [4.69, 9.17) is 14.2 Å². The largest absolute Gasteiger partial charge is 0.493 e. The van der Waals surface area contributed by atoms with Crippen molar-refractivity contribution in [2.24, 2.45) is 0 Å². The molecule has 31 heavy (non-hydrogen) atoms. The summed E-state index contributed by atoms with van der Waals surface area (Å²) in [5, 5.41) is 7.10. The maximum atomic E-state index is 12.6. The highest BCUT2D eigenvalue weighted by Crippen LogP contribution is 2.39. The van der Waals surface area contributed by atoms with E-state index in [9.17, 15) is 9.59 Å². The summed E-state index contributed by atoms with van der Waals surface area (Å²) in [6, 6.07) is 12.2. The quantitative estimate of drug-likeness (QED) is 0.628. The summed E-state index contributed by atoms with van der Waals surface area (Å²) < 4.78 is 17.0. The van der Waals surface area contributed by atoms with E-state index in [1.54, 1.807) is 18.2 Å². The number of nitrogens with zero attached hydrogens (tertiary/aromatic N) is 2. The Bertz CT molecular complexity index is 1150. The predicted octanol–water partition coefficient (Wildman–Crippen LogP) is 3.19. The first-order valence-electron chi connectivity index (χ1n) is 9.62. The summed E-state index contributed by atoms with van der Waals surface area (Å²) in [5.41, 5.74) is 3.86. The Morgan fingerprint density at radius 1 is 0.935 bits per heavy atom. The fourth-order valence-corrected chi connectivity index (χ4v) is 3.11. The van der Waals surface area contributed by atoms with Gasteiger partial charge >= 0.3 is 0 Å². The lowest BCUT2D eigenvalue weighted by Gasteiger charge is -2.15. The van der Waals surface area contributed by atoms with Gasteiger partial charge in [0.1, 0.15) is 6.54 Å². The van der Waals surface area contributed by atoms with Crippen molar-refractivity contribution in [2.75, 3.05) is 26.6 Å². The average molecular weight is 423 g/mol. The van der Waals surface area contributed by atoms with Gasteiger partial charge in [0, 0.05) is 29.4 Å². The third-order valence-electron chi connectivity index (χ3n) is 4.91. The lowest BCUT2D eigenvalue weighted by Crippen LogP contribution is -2.29. The summed E-state index contributed by atoms with van der Waals surface area (Å²) in [4.78, 5) is 24.9. The van der Waals surface area contributed by atoms with Crippen LogP contribution in [0.5, 0.6) is 17.2 Å². The van der Waals surface area contributed by atoms with Crippen LogP contribution < -0.4 is 25.1 Å². The van der Waals surface area contributed by atoms with Crippen molar-refractivity contribution in [1.29, 1.82) is 0 Å². The molecule has 2 aromatic carbocycles. The van der Waals surface area contributed by atoms with Gasteiger partial charge in [-0.1, -0.05) is 12.1 Å². The molecule has 3 rings (SSSR count). The Hall–Kier alpha value is -3.81. The summed E-state index contributed by atoms with van der Waals surface area (Å²) in [7, 11) is 4.48. The molecule has 1 aromatic heterocycles. The van der Waals surface area contributed by atoms with Gasteiger partial charge in [0.05, 0.1) is 27.0 Å². The number of anilines is 1. The number of carbonyl (C=O) groups excluding carboxylic acids is 1. The third-order valence-corrected chi connectivity index (χ3v) is 4.91. The van der Waals surface area contributed by atoms with Crippen LogP contribution >= 0.6 is 0 Å². The van der Waals surface area contributed by atoms with E-state index in [-0.39, 0.29) is 12.1 Å². The van der Waals surface area contributed by atoms with Gasteiger partial charge in [-0.2, -0.15) is 5.10 Å². The molecule has 0 saturated carbocycles. The summed E-state index contributed by atoms with van der Waals surface area (Å²) in [5.74, 6) is 0.816. The molecule has 8 nitrogen and oxygen atoms in total. The number of amides is 1. The van der Waals surface area contributed by atoms with E-state index in [1.165, 1.54) is 33.0 Å². The number of nitrogens with one attached hydrogen (secondary N) is 1. The van der Waals surface area contributed by atoms with Crippen LogP contribution in [0.4, 0.5) is 5.69 Å². The Balaban J connectivity index is 1.84. The molecule has 0 saturated heterocycles. The van der Waals surface area contributed by atoms with E-state index in [2.05, 4.69) is 10.4 Å². The maximum Gasteiger partial charge on any atom is 0.267 e. The lowest BCUT2D eigenvalue weighted by molar-refractivity contribution is -0.117. The standard InChI is InChI=1S/C23H25N3O5/c1-14-6-7-16(10-15(14)2)18-8-9-22(28)26(25-18)13-21(27)24-17-11-19(29-3)23(31-5)20(12-17)30-4/h6-12H,13H2,1-5H3,(H,24,27). The summed E-state index contributed by atoms with van der Waals surface area (Å²) >= 11 is 0. The molecule has 162 valence electrons.